The number of benzene rings is 1. The van der Waals surface area contributed by atoms with Gasteiger partial charge in [0, 0.05) is 4.47 Å². The number of amides is 1. The van der Waals surface area contributed by atoms with Gasteiger partial charge in [-0.2, -0.15) is 0 Å². The van der Waals surface area contributed by atoms with Gasteiger partial charge in [-0.05, 0) is 25.1 Å². The van der Waals surface area contributed by atoms with E-state index in [4.69, 9.17) is 17.3 Å². The fourth-order valence-electron chi connectivity index (χ4n) is 1.77. The van der Waals surface area contributed by atoms with Crippen molar-refractivity contribution in [3.8, 4) is 0 Å². The maximum atomic E-state index is 11.3. The lowest BCUT2D eigenvalue weighted by molar-refractivity contribution is -0.120. The highest BCUT2D eigenvalue weighted by molar-refractivity contribution is 9.10. The number of nitrogens with zero attached hydrogens (tertiary/aromatic N) is 2. The second-order valence-corrected chi connectivity index (χ2v) is 4.93. The van der Waals surface area contributed by atoms with E-state index in [0.717, 1.165) is 15.5 Å². The van der Waals surface area contributed by atoms with Crippen LogP contribution in [-0.2, 0) is 10.7 Å². The third-order valence-electron chi connectivity index (χ3n) is 2.64. The molecule has 0 aliphatic carbocycles. The first-order valence-corrected chi connectivity index (χ1v) is 6.39. The van der Waals surface area contributed by atoms with Crippen molar-refractivity contribution in [1.82, 2.24) is 9.55 Å². The summed E-state index contributed by atoms with van der Waals surface area (Å²) in [6.07, 6.45) is 0. The Balaban J connectivity index is 2.72. The minimum atomic E-state index is -0.469. The number of alkyl halides is 1. The molecule has 2 N–H and O–H groups in total. The van der Waals surface area contributed by atoms with Gasteiger partial charge < -0.3 is 10.3 Å². The van der Waals surface area contributed by atoms with Gasteiger partial charge in [0.05, 0.1) is 16.9 Å². The fraction of sp³-hybridized carbons (Fsp3) is 0.273. The summed E-state index contributed by atoms with van der Waals surface area (Å²) >= 11 is 9.24. The molecule has 0 radical (unpaired) electrons. The van der Waals surface area contributed by atoms with Crippen LogP contribution in [0.15, 0.2) is 22.7 Å². The van der Waals surface area contributed by atoms with Crippen LogP contribution in [-0.4, -0.2) is 15.5 Å². The van der Waals surface area contributed by atoms with Crippen molar-refractivity contribution in [3.63, 3.8) is 0 Å². The number of rotatable bonds is 3. The smallest absolute Gasteiger partial charge is 0.240 e. The highest BCUT2D eigenvalue weighted by Gasteiger charge is 2.19. The zero-order valence-corrected chi connectivity index (χ0v) is 11.5. The number of carbonyl (C=O) groups excluding carboxylic acids is 1. The molecule has 2 rings (SSSR count). The zero-order valence-electron chi connectivity index (χ0n) is 9.15. The minimum Gasteiger partial charge on any atom is -0.368 e. The van der Waals surface area contributed by atoms with Gasteiger partial charge in [0.2, 0.25) is 5.91 Å². The third kappa shape index (κ3) is 2.17. The van der Waals surface area contributed by atoms with E-state index in [2.05, 4.69) is 20.9 Å². The second-order valence-electron chi connectivity index (χ2n) is 3.74. The molecule has 1 amide bonds. The molecule has 17 heavy (non-hydrogen) atoms. The van der Waals surface area contributed by atoms with Crippen molar-refractivity contribution in [3.05, 3.63) is 28.5 Å². The molecule has 6 heteroatoms. The molecule has 1 aromatic carbocycles. The van der Waals surface area contributed by atoms with Crippen molar-refractivity contribution in [1.29, 1.82) is 0 Å². The van der Waals surface area contributed by atoms with Gasteiger partial charge in [-0.15, -0.1) is 11.6 Å². The Morgan fingerprint density at radius 3 is 2.94 bits per heavy atom. The van der Waals surface area contributed by atoms with E-state index >= 15 is 0 Å². The normalized spacial score (nSPS) is 12.9. The monoisotopic (exact) mass is 315 g/mol. The molecule has 0 spiro atoms. The molecule has 0 aliphatic rings. The number of primary amides is 1. The van der Waals surface area contributed by atoms with Gasteiger partial charge in [0.1, 0.15) is 11.9 Å². The average molecular weight is 317 g/mol. The molecular formula is C11H11BrClN3O. The van der Waals surface area contributed by atoms with Crippen molar-refractivity contribution in [2.24, 2.45) is 5.73 Å². The Morgan fingerprint density at radius 1 is 1.65 bits per heavy atom. The molecule has 90 valence electrons. The van der Waals surface area contributed by atoms with Crippen LogP contribution >= 0.6 is 27.5 Å². The Hall–Kier alpha value is -1.07. The van der Waals surface area contributed by atoms with Crippen LogP contribution in [0, 0.1) is 0 Å². The molecule has 2 aromatic rings. The molecule has 1 aromatic heterocycles. The molecule has 1 atom stereocenters. The van der Waals surface area contributed by atoms with Gasteiger partial charge in [-0.25, -0.2) is 4.98 Å². The third-order valence-corrected chi connectivity index (χ3v) is 3.38. The number of hydrogen-bond acceptors (Lipinski definition) is 2. The number of aromatic nitrogens is 2. The molecule has 4 nitrogen and oxygen atoms in total. The summed E-state index contributed by atoms with van der Waals surface area (Å²) in [4.78, 5) is 15.7. The van der Waals surface area contributed by atoms with Crippen molar-refractivity contribution < 1.29 is 4.79 Å². The van der Waals surface area contributed by atoms with Gasteiger partial charge >= 0.3 is 0 Å². The van der Waals surface area contributed by atoms with E-state index in [9.17, 15) is 4.79 Å². The quantitative estimate of drug-likeness (QED) is 0.885. The first-order valence-electron chi connectivity index (χ1n) is 5.06. The number of carbonyl (C=O) groups is 1. The lowest BCUT2D eigenvalue weighted by Crippen LogP contribution is -2.25. The SMILES string of the molecule is CC(C(N)=O)n1c(CCl)nc2ccc(Br)cc21. The maximum absolute atomic E-state index is 11.3. The summed E-state index contributed by atoms with van der Waals surface area (Å²) in [5.41, 5.74) is 6.99. The predicted octanol–water partition coefficient (Wildman–Crippen LogP) is 2.58. The average Bonchev–Trinajstić information content (AvgIpc) is 2.65. The number of fused-ring (bicyclic) bond motifs is 1. The van der Waals surface area contributed by atoms with Crippen LogP contribution in [0.2, 0.25) is 0 Å². The molecule has 0 saturated carbocycles. The summed E-state index contributed by atoms with van der Waals surface area (Å²) in [6.45, 7) is 1.74. The molecule has 0 aliphatic heterocycles. The standard InChI is InChI=1S/C11H11BrClN3O/c1-6(11(14)17)16-9-4-7(12)2-3-8(9)15-10(16)5-13/h2-4,6H,5H2,1H3,(H2,14,17). The Kier molecular flexibility index (Phi) is 3.40. The molecule has 1 unspecified atom stereocenters. The summed E-state index contributed by atoms with van der Waals surface area (Å²) in [6, 6.07) is 5.20. The molecule has 0 bridgehead atoms. The summed E-state index contributed by atoms with van der Waals surface area (Å²) in [5.74, 6) is 0.478. The number of imidazole rings is 1. The first-order chi connectivity index (χ1) is 8.04. The predicted molar refractivity (Wildman–Crippen MR) is 70.9 cm³/mol. The van der Waals surface area contributed by atoms with E-state index in [1.54, 1.807) is 11.5 Å². The lowest BCUT2D eigenvalue weighted by Gasteiger charge is -2.13. The van der Waals surface area contributed by atoms with Gasteiger partial charge in [-0.1, -0.05) is 15.9 Å². The van der Waals surface area contributed by atoms with Crippen LogP contribution in [0.5, 0.6) is 0 Å². The Bertz CT molecular complexity index is 581. The Morgan fingerprint density at radius 2 is 2.35 bits per heavy atom. The van der Waals surface area contributed by atoms with Crippen LogP contribution in [0.4, 0.5) is 0 Å². The van der Waals surface area contributed by atoms with Crippen LogP contribution in [0.3, 0.4) is 0 Å². The van der Waals surface area contributed by atoms with Gasteiger partial charge in [-0.3, -0.25) is 4.79 Å². The maximum Gasteiger partial charge on any atom is 0.240 e. The van der Waals surface area contributed by atoms with Crippen LogP contribution in [0.25, 0.3) is 11.0 Å². The van der Waals surface area contributed by atoms with E-state index in [1.165, 1.54) is 0 Å². The van der Waals surface area contributed by atoms with Gasteiger partial charge in [0.25, 0.3) is 0 Å². The number of hydrogen-bond donors (Lipinski definition) is 1. The topological polar surface area (TPSA) is 60.9 Å². The highest BCUT2D eigenvalue weighted by atomic mass is 79.9. The van der Waals surface area contributed by atoms with Crippen LogP contribution in [0.1, 0.15) is 18.8 Å². The van der Waals surface area contributed by atoms with Crippen molar-refractivity contribution >= 4 is 44.5 Å². The van der Waals surface area contributed by atoms with Crippen LogP contribution < -0.4 is 5.73 Å². The largest absolute Gasteiger partial charge is 0.368 e. The van der Waals surface area contributed by atoms with E-state index < -0.39 is 11.9 Å². The number of halogens is 2. The molecule has 0 saturated heterocycles. The lowest BCUT2D eigenvalue weighted by atomic mass is 10.2. The first kappa shape index (κ1) is 12.4. The fourth-order valence-corrected chi connectivity index (χ4v) is 2.31. The van der Waals surface area contributed by atoms with E-state index in [0.29, 0.717) is 5.82 Å². The minimum absolute atomic E-state index is 0.240. The highest BCUT2D eigenvalue weighted by Crippen LogP contribution is 2.25. The summed E-state index contributed by atoms with van der Waals surface area (Å²) in [7, 11) is 0. The summed E-state index contributed by atoms with van der Waals surface area (Å²) < 4.78 is 2.69. The number of nitrogens with two attached hydrogens (primary N) is 1. The van der Waals surface area contributed by atoms with Crippen molar-refractivity contribution in [2.45, 2.75) is 18.8 Å². The van der Waals surface area contributed by atoms with Crippen molar-refractivity contribution in [2.75, 3.05) is 0 Å². The molecule has 1 heterocycles. The summed E-state index contributed by atoms with van der Waals surface area (Å²) in [5, 5.41) is 0. The molecule has 0 fully saturated rings. The molecular weight excluding hydrogens is 305 g/mol. The Labute approximate surface area is 112 Å². The second kappa shape index (κ2) is 4.66. The van der Waals surface area contributed by atoms with E-state index in [1.807, 2.05) is 18.2 Å². The van der Waals surface area contributed by atoms with Gasteiger partial charge in [0.15, 0.2) is 0 Å². The van der Waals surface area contributed by atoms with E-state index in [-0.39, 0.29) is 5.88 Å². The zero-order chi connectivity index (χ0) is 12.6.